The van der Waals surface area contributed by atoms with Crippen molar-refractivity contribution in [2.45, 2.75) is 19.8 Å². The maximum atomic E-state index is 10.7. The molecule has 0 aromatic rings. The van der Waals surface area contributed by atoms with Crippen molar-refractivity contribution in [3.05, 3.63) is 0 Å². The lowest BCUT2D eigenvalue weighted by molar-refractivity contribution is -0.141. The van der Waals surface area contributed by atoms with Crippen LogP contribution in [-0.2, 0) is 9.53 Å². The minimum atomic E-state index is -0.221. The van der Waals surface area contributed by atoms with E-state index in [2.05, 4.69) is 5.32 Å². The van der Waals surface area contributed by atoms with Crippen LogP contribution in [0.15, 0.2) is 0 Å². The number of carbonyl (C=O) groups is 1. The molecule has 0 radical (unpaired) electrons. The van der Waals surface area contributed by atoms with E-state index in [-0.39, 0.29) is 19.1 Å². The van der Waals surface area contributed by atoms with Gasteiger partial charge in [-0.1, -0.05) is 0 Å². The molecule has 0 aliphatic heterocycles. The number of esters is 1. The zero-order chi connectivity index (χ0) is 9.23. The number of aliphatic hydroxyl groups is 1. The fourth-order valence-electron chi connectivity index (χ4n) is 0.764. The van der Waals surface area contributed by atoms with E-state index in [1.165, 1.54) is 0 Å². The summed E-state index contributed by atoms with van der Waals surface area (Å²) in [5.74, 6) is -0.221. The molecule has 0 saturated heterocycles. The quantitative estimate of drug-likeness (QED) is 0.419. The number of hydrogen-bond donors (Lipinski definition) is 2. The third-order valence-electron chi connectivity index (χ3n) is 1.34. The molecule has 0 aliphatic rings. The van der Waals surface area contributed by atoms with E-state index in [0.29, 0.717) is 6.61 Å². The van der Waals surface area contributed by atoms with Gasteiger partial charge in [-0.05, 0) is 26.3 Å². The van der Waals surface area contributed by atoms with Gasteiger partial charge in [0.05, 0.1) is 13.2 Å². The lowest BCUT2D eigenvalue weighted by Crippen LogP contribution is -2.25. The van der Waals surface area contributed by atoms with Gasteiger partial charge in [0.25, 0.3) is 0 Å². The Morgan fingerprint density at radius 3 is 2.83 bits per heavy atom. The van der Waals surface area contributed by atoms with E-state index >= 15 is 0 Å². The van der Waals surface area contributed by atoms with Crippen LogP contribution >= 0.6 is 0 Å². The average Bonchev–Trinajstić information content (AvgIpc) is 2.05. The lowest BCUT2D eigenvalue weighted by Gasteiger charge is -2.03. The monoisotopic (exact) mass is 175 g/mol. The minimum Gasteiger partial charge on any atom is -0.465 e. The molecule has 4 nitrogen and oxygen atoms in total. The summed E-state index contributed by atoms with van der Waals surface area (Å²) in [6, 6.07) is 0. The number of rotatable bonds is 7. The van der Waals surface area contributed by atoms with E-state index in [1.54, 1.807) is 6.92 Å². The van der Waals surface area contributed by atoms with E-state index in [0.717, 1.165) is 19.4 Å². The molecule has 0 fully saturated rings. The van der Waals surface area contributed by atoms with Crippen molar-refractivity contribution >= 4 is 5.97 Å². The van der Waals surface area contributed by atoms with Crippen LogP contribution in [0, 0.1) is 0 Å². The largest absolute Gasteiger partial charge is 0.465 e. The second kappa shape index (κ2) is 8.49. The highest BCUT2D eigenvalue weighted by Gasteiger charge is 1.98. The first-order valence-electron chi connectivity index (χ1n) is 4.28. The Kier molecular flexibility index (Phi) is 8.05. The van der Waals surface area contributed by atoms with E-state index in [1.807, 2.05) is 0 Å². The Labute approximate surface area is 72.9 Å². The van der Waals surface area contributed by atoms with E-state index in [9.17, 15) is 4.79 Å². The van der Waals surface area contributed by atoms with Crippen molar-refractivity contribution in [3.8, 4) is 0 Å². The van der Waals surface area contributed by atoms with E-state index < -0.39 is 0 Å². The topological polar surface area (TPSA) is 58.6 Å². The highest BCUT2D eigenvalue weighted by molar-refractivity contribution is 5.71. The van der Waals surface area contributed by atoms with Crippen LogP contribution in [0.1, 0.15) is 19.8 Å². The molecule has 0 amide bonds. The first kappa shape index (κ1) is 11.4. The molecule has 0 saturated carbocycles. The zero-order valence-electron chi connectivity index (χ0n) is 7.51. The molecule has 0 unspecified atom stereocenters. The van der Waals surface area contributed by atoms with Crippen molar-refractivity contribution in [3.63, 3.8) is 0 Å². The smallest absolute Gasteiger partial charge is 0.319 e. The fourth-order valence-corrected chi connectivity index (χ4v) is 0.764. The van der Waals surface area contributed by atoms with Gasteiger partial charge >= 0.3 is 5.97 Å². The van der Waals surface area contributed by atoms with Crippen LogP contribution in [-0.4, -0.2) is 37.4 Å². The van der Waals surface area contributed by atoms with E-state index in [4.69, 9.17) is 9.84 Å². The van der Waals surface area contributed by atoms with Crippen molar-refractivity contribution in [1.29, 1.82) is 0 Å². The van der Waals surface area contributed by atoms with Crippen LogP contribution in [0.5, 0.6) is 0 Å². The van der Waals surface area contributed by atoms with Crippen LogP contribution in [0.4, 0.5) is 0 Å². The third kappa shape index (κ3) is 7.50. The van der Waals surface area contributed by atoms with Crippen molar-refractivity contribution in [1.82, 2.24) is 5.32 Å². The highest BCUT2D eigenvalue weighted by atomic mass is 16.5. The van der Waals surface area contributed by atoms with Crippen molar-refractivity contribution in [2.24, 2.45) is 0 Å². The Morgan fingerprint density at radius 1 is 1.50 bits per heavy atom. The summed E-state index contributed by atoms with van der Waals surface area (Å²) in [4.78, 5) is 10.7. The van der Waals surface area contributed by atoms with Gasteiger partial charge in [0, 0.05) is 6.61 Å². The molecule has 0 aliphatic carbocycles. The number of nitrogens with one attached hydrogen (secondary N) is 1. The summed E-state index contributed by atoms with van der Waals surface area (Å²) in [6.07, 6.45) is 1.66. The summed E-state index contributed by atoms with van der Waals surface area (Å²) in [5.41, 5.74) is 0. The predicted octanol–water partition coefficient (Wildman–Crippen LogP) is -0.0884. The summed E-state index contributed by atoms with van der Waals surface area (Å²) < 4.78 is 4.70. The molecular formula is C8H17NO3. The molecule has 12 heavy (non-hydrogen) atoms. The predicted molar refractivity (Wildman–Crippen MR) is 45.8 cm³/mol. The summed E-state index contributed by atoms with van der Waals surface area (Å²) in [6.45, 7) is 3.43. The van der Waals surface area contributed by atoms with Gasteiger partial charge in [0.2, 0.25) is 0 Å². The maximum Gasteiger partial charge on any atom is 0.319 e. The second-order valence-corrected chi connectivity index (χ2v) is 2.41. The Bertz CT molecular complexity index is 117. The van der Waals surface area contributed by atoms with Gasteiger partial charge in [-0.15, -0.1) is 0 Å². The number of unbranched alkanes of at least 4 members (excludes halogenated alkanes) is 1. The number of carbonyl (C=O) groups excluding carboxylic acids is 1. The molecule has 0 atom stereocenters. The van der Waals surface area contributed by atoms with Gasteiger partial charge in [-0.3, -0.25) is 4.79 Å². The Morgan fingerprint density at radius 2 is 2.25 bits per heavy atom. The number of aliphatic hydroxyl groups excluding tert-OH is 1. The van der Waals surface area contributed by atoms with Crippen molar-refractivity contribution < 1.29 is 14.6 Å². The van der Waals surface area contributed by atoms with Crippen LogP contribution in [0.3, 0.4) is 0 Å². The lowest BCUT2D eigenvalue weighted by atomic mass is 10.3. The Balaban J connectivity index is 3.03. The molecule has 72 valence electrons. The molecule has 0 aromatic carbocycles. The first-order valence-corrected chi connectivity index (χ1v) is 4.28. The molecule has 0 heterocycles. The standard InChI is InChI=1S/C8H17NO3/c1-2-12-8(11)7-9-5-3-4-6-10/h9-10H,2-7H2,1H3. The Hall–Kier alpha value is -0.610. The summed E-state index contributed by atoms with van der Waals surface area (Å²) in [7, 11) is 0. The summed E-state index contributed by atoms with van der Waals surface area (Å²) >= 11 is 0. The third-order valence-corrected chi connectivity index (χ3v) is 1.34. The molecule has 0 aromatic heterocycles. The summed E-state index contributed by atoms with van der Waals surface area (Å²) in [5, 5.41) is 11.4. The van der Waals surface area contributed by atoms with Gasteiger partial charge in [-0.25, -0.2) is 0 Å². The molecular weight excluding hydrogens is 158 g/mol. The average molecular weight is 175 g/mol. The minimum absolute atomic E-state index is 0.209. The first-order chi connectivity index (χ1) is 5.81. The normalized spacial score (nSPS) is 9.83. The van der Waals surface area contributed by atoms with Gasteiger partial charge in [-0.2, -0.15) is 0 Å². The molecule has 0 spiro atoms. The molecule has 0 bridgehead atoms. The fraction of sp³-hybridized carbons (Fsp3) is 0.875. The van der Waals surface area contributed by atoms with Crippen LogP contribution in [0.25, 0.3) is 0 Å². The van der Waals surface area contributed by atoms with Crippen molar-refractivity contribution in [2.75, 3.05) is 26.3 Å². The van der Waals surface area contributed by atoms with Crippen LogP contribution in [0.2, 0.25) is 0 Å². The zero-order valence-corrected chi connectivity index (χ0v) is 7.51. The molecule has 2 N–H and O–H groups in total. The highest BCUT2D eigenvalue weighted by Crippen LogP contribution is 1.83. The second-order valence-electron chi connectivity index (χ2n) is 2.41. The number of hydrogen-bond acceptors (Lipinski definition) is 4. The number of ether oxygens (including phenoxy) is 1. The van der Waals surface area contributed by atoms with Gasteiger partial charge in [0.1, 0.15) is 0 Å². The van der Waals surface area contributed by atoms with Crippen LogP contribution < -0.4 is 5.32 Å². The molecule has 0 rings (SSSR count). The SMILES string of the molecule is CCOC(=O)CNCCCCO. The van der Waals surface area contributed by atoms with Gasteiger partial charge < -0.3 is 15.2 Å². The molecule has 4 heteroatoms. The maximum absolute atomic E-state index is 10.7. The van der Waals surface area contributed by atoms with Gasteiger partial charge in [0.15, 0.2) is 0 Å².